The van der Waals surface area contributed by atoms with Gasteiger partial charge in [-0.3, -0.25) is 4.99 Å². The van der Waals surface area contributed by atoms with Gasteiger partial charge >= 0.3 is 0 Å². The van der Waals surface area contributed by atoms with Gasteiger partial charge in [-0.2, -0.15) is 0 Å². The number of aryl methyl sites for hydroxylation is 2. The number of hydrogen-bond donors (Lipinski definition) is 3. The summed E-state index contributed by atoms with van der Waals surface area (Å²) in [6.07, 6.45) is 0. The van der Waals surface area contributed by atoms with E-state index in [0.717, 1.165) is 31.8 Å². The summed E-state index contributed by atoms with van der Waals surface area (Å²) in [6, 6.07) is 3.25. The van der Waals surface area contributed by atoms with Crippen molar-refractivity contribution < 1.29 is 8.42 Å². The number of guanidine groups is 1. The summed E-state index contributed by atoms with van der Waals surface area (Å²) in [5.41, 5.74) is 1.02. The van der Waals surface area contributed by atoms with E-state index >= 15 is 0 Å². The van der Waals surface area contributed by atoms with E-state index in [1.54, 1.807) is 24.5 Å². The van der Waals surface area contributed by atoms with Gasteiger partial charge < -0.3 is 10.6 Å². The molecule has 0 aliphatic carbocycles. The number of thiophene rings is 1. The second-order valence-electron chi connectivity index (χ2n) is 4.79. The minimum absolute atomic E-state index is 0. The van der Waals surface area contributed by atoms with Crippen LogP contribution in [0.4, 0.5) is 0 Å². The molecule has 4 N–H and O–H groups in total. The third-order valence-electron chi connectivity index (χ3n) is 2.99. The molecular formula is C13H20IN5O2S3. The molecule has 11 heteroatoms. The van der Waals surface area contributed by atoms with Crippen LogP contribution in [0.1, 0.15) is 20.5 Å². The molecule has 2 aromatic rings. The third-order valence-corrected chi connectivity index (χ3v) is 6.58. The molecule has 0 saturated carbocycles. The summed E-state index contributed by atoms with van der Waals surface area (Å²) < 4.78 is 22.7. The number of hydrogen-bond acceptors (Lipinski definition) is 6. The first-order valence-corrected chi connectivity index (χ1v) is 9.96. The first kappa shape index (κ1) is 21.3. The van der Waals surface area contributed by atoms with Gasteiger partial charge in [0.15, 0.2) is 5.96 Å². The van der Waals surface area contributed by atoms with Crippen molar-refractivity contribution >= 4 is 62.6 Å². The Kier molecular flexibility index (Phi) is 8.05. The van der Waals surface area contributed by atoms with Gasteiger partial charge in [0, 0.05) is 16.8 Å². The number of nitrogens with two attached hydrogens (primary N) is 1. The van der Waals surface area contributed by atoms with Crippen molar-refractivity contribution in [1.82, 2.24) is 15.6 Å². The zero-order valence-corrected chi connectivity index (χ0v) is 18.3. The highest BCUT2D eigenvalue weighted by Crippen LogP contribution is 2.20. The van der Waals surface area contributed by atoms with Gasteiger partial charge in [-0.25, -0.2) is 18.5 Å². The van der Waals surface area contributed by atoms with Crippen LogP contribution in [0.15, 0.2) is 21.3 Å². The molecule has 2 rings (SSSR count). The average molecular weight is 501 g/mol. The van der Waals surface area contributed by atoms with Crippen molar-refractivity contribution in [1.29, 1.82) is 0 Å². The molecule has 7 nitrogen and oxygen atoms in total. The van der Waals surface area contributed by atoms with Crippen molar-refractivity contribution in [3.05, 3.63) is 32.6 Å². The van der Waals surface area contributed by atoms with Crippen LogP contribution >= 0.6 is 46.7 Å². The largest absolute Gasteiger partial charge is 0.352 e. The summed E-state index contributed by atoms with van der Waals surface area (Å²) >= 11 is 2.80. The molecule has 2 aromatic heterocycles. The Hall–Kier alpha value is -0.760. The van der Waals surface area contributed by atoms with Crippen LogP contribution in [0.2, 0.25) is 0 Å². The summed E-state index contributed by atoms with van der Waals surface area (Å²) in [6.45, 7) is 5.08. The predicted molar refractivity (Wildman–Crippen MR) is 110 cm³/mol. The lowest BCUT2D eigenvalue weighted by Crippen LogP contribution is -2.36. The molecule has 134 valence electrons. The SMILES string of the molecule is CN=C(NCc1ccc(S(N)(=O)=O)s1)NCc1sc(C)nc1C.I. The first-order chi connectivity index (χ1) is 10.8. The van der Waals surface area contributed by atoms with Crippen molar-refractivity contribution in [3.63, 3.8) is 0 Å². The van der Waals surface area contributed by atoms with E-state index in [2.05, 4.69) is 20.6 Å². The maximum atomic E-state index is 11.3. The van der Waals surface area contributed by atoms with E-state index in [4.69, 9.17) is 5.14 Å². The maximum absolute atomic E-state index is 11.3. The van der Waals surface area contributed by atoms with Crippen LogP contribution in [-0.4, -0.2) is 26.4 Å². The zero-order chi connectivity index (χ0) is 17.0. The summed E-state index contributed by atoms with van der Waals surface area (Å²) in [5, 5.41) is 12.5. The van der Waals surface area contributed by atoms with Gasteiger partial charge in [0.2, 0.25) is 10.0 Å². The number of aliphatic imine (C=N–C) groups is 1. The number of halogens is 1. The smallest absolute Gasteiger partial charge is 0.247 e. The minimum Gasteiger partial charge on any atom is -0.352 e. The van der Waals surface area contributed by atoms with E-state index in [1.165, 1.54) is 6.07 Å². The van der Waals surface area contributed by atoms with Crippen LogP contribution in [0.5, 0.6) is 0 Å². The van der Waals surface area contributed by atoms with Crippen LogP contribution in [0.3, 0.4) is 0 Å². The molecule has 0 saturated heterocycles. The molecule has 0 amide bonds. The maximum Gasteiger partial charge on any atom is 0.247 e. The molecule has 2 heterocycles. The average Bonchev–Trinajstić information content (AvgIpc) is 3.05. The van der Waals surface area contributed by atoms with Crippen molar-refractivity contribution in [2.45, 2.75) is 31.1 Å². The van der Waals surface area contributed by atoms with Gasteiger partial charge in [-0.15, -0.1) is 46.7 Å². The van der Waals surface area contributed by atoms with Gasteiger partial charge in [0.1, 0.15) is 4.21 Å². The fourth-order valence-corrected chi connectivity index (χ4v) is 4.49. The highest BCUT2D eigenvalue weighted by molar-refractivity contribution is 14.0. The number of sulfonamides is 1. The molecule has 24 heavy (non-hydrogen) atoms. The van der Waals surface area contributed by atoms with Crippen LogP contribution in [0, 0.1) is 13.8 Å². The molecule has 0 aliphatic heterocycles. The lowest BCUT2D eigenvalue weighted by molar-refractivity contribution is 0.600. The zero-order valence-electron chi connectivity index (χ0n) is 13.5. The summed E-state index contributed by atoms with van der Waals surface area (Å²) in [4.78, 5) is 10.6. The molecular weight excluding hydrogens is 481 g/mol. The molecule has 0 radical (unpaired) electrons. The predicted octanol–water partition coefficient (Wildman–Crippen LogP) is 1.95. The number of nitrogens with one attached hydrogen (secondary N) is 2. The molecule has 0 bridgehead atoms. The first-order valence-electron chi connectivity index (χ1n) is 6.78. The Morgan fingerprint density at radius 1 is 1.25 bits per heavy atom. The van der Waals surface area contributed by atoms with E-state index in [9.17, 15) is 8.42 Å². The monoisotopic (exact) mass is 501 g/mol. The molecule has 0 fully saturated rings. The quantitative estimate of drug-likeness (QED) is 0.330. The highest BCUT2D eigenvalue weighted by atomic mass is 127. The Bertz CT molecular complexity index is 813. The van der Waals surface area contributed by atoms with E-state index in [1.807, 2.05) is 13.8 Å². The number of nitrogens with zero attached hydrogens (tertiary/aromatic N) is 2. The number of rotatable bonds is 5. The number of aromatic nitrogens is 1. The lowest BCUT2D eigenvalue weighted by Gasteiger charge is -2.10. The molecule has 0 spiro atoms. The Labute approximate surface area is 166 Å². The van der Waals surface area contributed by atoms with Crippen molar-refractivity contribution in [2.75, 3.05) is 7.05 Å². The number of thiazole rings is 1. The summed E-state index contributed by atoms with van der Waals surface area (Å²) in [5.74, 6) is 0.640. The Morgan fingerprint density at radius 3 is 2.42 bits per heavy atom. The van der Waals surface area contributed by atoms with Gasteiger partial charge in [-0.1, -0.05) is 0 Å². The second kappa shape index (κ2) is 9.08. The number of primary sulfonamides is 1. The molecule has 0 unspecified atom stereocenters. The minimum atomic E-state index is -3.64. The van der Waals surface area contributed by atoms with Crippen LogP contribution in [-0.2, 0) is 23.1 Å². The Morgan fingerprint density at radius 2 is 1.92 bits per heavy atom. The van der Waals surface area contributed by atoms with Crippen LogP contribution < -0.4 is 15.8 Å². The third kappa shape index (κ3) is 5.95. The normalized spacial score (nSPS) is 11.9. The van der Waals surface area contributed by atoms with E-state index in [-0.39, 0.29) is 28.2 Å². The van der Waals surface area contributed by atoms with E-state index in [0.29, 0.717) is 19.0 Å². The lowest BCUT2D eigenvalue weighted by atomic mass is 10.4. The van der Waals surface area contributed by atoms with E-state index < -0.39 is 10.0 Å². The van der Waals surface area contributed by atoms with Gasteiger partial charge in [0.25, 0.3) is 0 Å². The standard InChI is InChI=1S/C13H19N5O2S3.HI/c1-8-11(21-9(2)18-8)7-17-13(15-3)16-6-10-4-5-12(22-10)23(14,19)20;/h4-5H,6-7H2,1-3H3,(H2,14,19,20)(H2,15,16,17);1H. The second-order valence-corrected chi connectivity index (χ2v) is 9.03. The highest BCUT2D eigenvalue weighted by Gasteiger charge is 2.11. The van der Waals surface area contributed by atoms with Crippen molar-refractivity contribution in [2.24, 2.45) is 10.1 Å². The van der Waals surface area contributed by atoms with Crippen molar-refractivity contribution in [3.8, 4) is 0 Å². The molecule has 0 aromatic carbocycles. The molecule has 0 atom stereocenters. The summed E-state index contributed by atoms with van der Waals surface area (Å²) in [7, 11) is -1.95. The fraction of sp³-hybridized carbons (Fsp3) is 0.385. The fourth-order valence-electron chi connectivity index (χ4n) is 1.90. The van der Waals surface area contributed by atoms with Crippen LogP contribution in [0.25, 0.3) is 0 Å². The Balaban J connectivity index is 0.00000288. The topological polar surface area (TPSA) is 109 Å². The van der Waals surface area contributed by atoms with Gasteiger partial charge in [-0.05, 0) is 26.0 Å². The molecule has 0 aliphatic rings. The van der Waals surface area contributed by atoms with Gasteiger partial charge in [0.05, 0.1) is 23.8 Å².